The van der Waals surface area contributed by atoms with E-state index in [2.05, 4.69) is 70.5 Å². The largest absolute Gasteiger partial charge is 0.0928 e. The number of hydrogen-bond donors (Lipinski definition) is 0. The van der Waals surface area contributed by atoms with Crippen LogP contribution >= 0.6 is 15.9 Å². The number of fused-ring (bicyclic) bond motifs is 1. The Morgan fingerprint density at radius 3 is 2.28 bits per heavy atom. The van der Waals surface area contributed by atoms with Crippen LogP contribution in [0.15, 0.2) is 54.6 Å². The van der Waals surface area contributed by atoms with E-state index in [1.54, 1.807) is 5.56 Å². The van der Waals surface area contributed by atoms with Gasteiger partial charge in [0, 0.05) is 11.2 Å². The molecule has 0 aliphatic heterocycles. The lowest BCUT2D eigenvalue weighted by atomic mass is 9.92. The molecule has 0 amide bonds. The second kappa shape index (κ2) is 5.27. The average molecular weight is 301 g/mol. The van der Waals surface area contributed by atoms with E-state index < -0.39 is 0 Å². The highest BCUT2D eigenvalue weighted by Crippen LogP contribution is 2.46. The zero-order valence-electron chi connectivity index (χ0n) is 10.4. The first-order valence-electron chi connectivity index (χ1n) is 6.60. The Morgan fingerprint density at radius 2 is 1.56 bits per heavy atom. The highest BCUT2D eigenvalue weighted by Gasteiger charge is 2.30. The molecule has 1 aliphatic carbocycles. The highest BCUT2D eigenvalue weighted by atomic mass is 79.9. The van der Waals surface area contributed by atoms with Gasteiger partial charge in [0.25, 0.3) is 0 Å². The van der Waals surface area contributed by atoms with Gasteiger partial charge in [-0.3, -0.25) is 0 Å². The van der Waals surface area contributed by atoms with Gasteiger partial charge in [-0.05, 0) is 35.4 Å². The maximum atomic E-state index is 3.59. The summed E-state index contributed by atoms with van der Waals surface area (Å²) in [5.41, 5.74) is 4.56. The summed E-state index contributed by atoms with van der Waals surface area (Å²) in [6, 6.07) is 19.9. The van der Waals surface area contributed by atoms with E-state index in [1.165, 1.54) is 24.0 Å². The molecule has 2 aromatic rings. The van der Waals surface area contributed by atoms with Crippen molar-refractivity contribution in [1.29, 1.82) is 0 Å². The van der Waals surface area contributed by atoms with Crippen molar-refractivity contribution in [3.63, 3.8) is 0 Å². The monoisotopic (exact) mass is 300 g/mol. The van der Waals surface area contributed by atoms with Gasteiger partial charge in [-0.25, -0.2) is 0 Å². The third-order valence-electron chi connectivity index (χ3n) is 3.99. The van der Waals surface area contributed by atoms with Crippen molar-refractivity contribution in [3.8, 4) is 0 Å². The predicted molar refractivity (Wildman–Crippen MR) is 80.5 cm³/mol. The number of halogens is 1. The van der Waals surface area contributed by atoms with Gasteiger partial charge in [0.05, 0.1) is 0 Å². The van der Waals surface area contributed by atoms with Crippen LogP contribution < -0.4 is 0 Å². The van der Waals surface area contributed by atoms with Gasteiger partial charge in [-0.1, -0.05) is 70.5 Å². The lowest BCUT2D eigenvalue weighted by Gasteiger charge is -2.12. The summed E-state index contributed by atoms with van der Waals surface area (Å²) < 4.78 is 0. The van der Waals surface area contributed by atoms with Crippen molar-refractivity contribution >= 4 is 15.9 Å². The SMILES string of the molecule is BrCC[C@@H]1C[C@H](c2ccccc2)c2ccccc21. The summed E-state index contributed by atoms with van der Waals surface area (Å²) in [4.78, 5) is 0. The Labute approximate surface area is 117 Å². The summed E-state index contributed by atoms with van der Waals surface area (Å²) in [5.74, 6) is 1.30. The van der Waals surface area contributed by atoms with Gasteiger partial charge >= 0.3 is 0 Å². The summed E-state index contributed by atoms with van der Waals surface area (Å²) >= 11 is 3.59. The lowest BCUT2D eigenvalue weighted by molar-refractivity contribution is 0.625. The smallest absolute Gasteiger partial charge is 0.00979 e. The van der Waals surface area contributed by atoms with E-state index in [9.17, 15) is 0 Å². The fraction of sp³-hybridized carbons (Fsp3) is 0.294. The molecular formula is C17H17Br. The molecule has 92 valence electrons. The van der Waals surface area contributed by atoms with Crippen LogP contribution in [0.5, 0.6) is 0 Å². The van der Waals surface area contributed by atoms with Gasteiger partial charge in [0.1, 0.15) is 0 Å². The fourth-order valence-corrected chi connectivity index (χ4v) is 3.70. The van der Waals surface area contributed by atoms with E-state index >= 15 is 0 Å². The molecule has 0 radical (unpaired) electrons. The molecule has 0 heterocycles. The third kappa shape index (κ3) is 2.12. The number of benzene rings is 2. The van der Waals surface area contributed by atoms with E-state index in [1.807, 2.05) is 0 Å². The van der Waals surface area contributed by atoms with Crippen molar-refractivity contribution in [3.05, 3.63) is 71.3 Å². The van der Waals surface area contributed by atoms with Crippen molar-refractivity contribution in [2.75, 3.05) is 5.33 Å². The molecule has 3 rings (SSSR count). The average Bonchev–Trinajstić information content (AvgIpc) is 2.80. The van der Waals surface area contributed by atoms with Crippen molar-refractivity contribution < 1.29 is 0 Å². The second-order valence-electron chi connectivity index (χ2n) is 5.00. The topological polar surface area (TPSA) is 0 Å². The number of alkyl halides is 1. The first-order valence-corrected chi connectivity index (χ1v) is 7.72. The molecule has 0 aromatic heterocycles. The first kappa shape index (κ1) is 12.0. The quantitative estimate of drug-likeness (QED) is 0.693. The molecule has 0 nitrogen and oxygen atoms in total. The Bertz CT molecular complexity index is 518. The predicted octanol–water partition coefficient (Wildman–Crippen LogP) is 5.09. The summed E-state index contributed by atoms with van der Waals surface area (Å²) in [7, 11) is 0. The molecule has 0 saturated carbocycles. The molecule has 0 bridgehead atoms. The van der Waals surface area contributed by atoms with Crippen LogP contribution in [0.4, 0.5) is 0 Å². The van der Waals surface area contributed by atoms with Gasteiger partial charge < -0.3 is 0 Å². The maximum absolute atomic E-state index is 3.59. The minimum absolute atomic E-state index is 0.589. The highest BCUT2D eigenvalue weighted by molar-refractivity contribution is 9.09. The van der Waals surface area contributed by atoms with E-state index in [-0.39, 0.29) is 0 Å². The van der Waals surface area contributed by atoms with Crippen LogP contribution in [-0.4, -0.2) is 5.33 Å². The van der Waals surface area contributed by atoms with E-state index in [0.717, 1.165) is 5.33 Å². The molecule has 0 N–H and O–H groups in total. The molecule has 1 aliphatic rings. The number of hydrogen-bond acceptors (Lipinski definition) is 0. The Kier molecular flexibility index (Phi) is 3.51. The van der Waals surface area contributed by atoms with E-state index in [0.29, 0.717) is 11.8 Å². The first-order chi connectivity index (χ1) is 8.90. The van der Waals surface area contributed by atoms with Crippen molar-refractivity contribution in [2.45, 2.75) is 24.7 Å². The molecule has 2 aromatic carbocycles. The van der Waals surface area contributed by atoms with Gasteiger partial charge in [-0.2, -0.15) is 0 Å². The van der Waals surface area contributed by atoms with Crippen LogP contribution in [0.3, 0.4) is 0 Å². The molecule has 0 unspecified atom stereocenters. The normalized spacial score (nSPS) is 21.8. The van der Waals surface area contributed by atoms with Crippen molar-refractivity contribution in [2.24, 2.45) is 0 Å². The van der Waals surface area contributed by atoms with Crippen LogP contribution in [-0.2, 0) is 0 Å². The molecule has 2 atom stereocenters. The molecule has 1 heteroatoms. The zero-order chi connectivity index (χ0) is 12.4. The Balaban J connectivity index is 1.99. The summed E-state index contributed by atoms with van der Waals surface area (Å²) in [6.45, 7) is 0. The van der Waals surface area contributed by atoms with Crippen LogP contribution in [0.25, 0.3) is 0 Å². The van der Waals surface area contributed by atoms with E-state index in [4.69, 9.17) is 0 Å². The third-order valence-corrected chi connectivity index (χ3v) is 4.45. The molecule has 0 saturated heterocycles. The lowest BCUT2D eigenvalue weighted by Crippen LogP contribution is -1.96. The standard InChI is InChI=1S/C17H17Br/c18-11-10-14-12-17(13-6-2-1-3-7-13)16-9-5-4-8-15(14)16/h1-9,14,17H,10-12H2/t14-,17-/m1/s1. The van der Waals surface area contributed by atoms with Crippen LogP contribution in [0.2, 0.25) is 0 Å². The van der Waals surface area contributed by atoms with Crippen LogP contribution in [0.1, 0.15) is 41.4 Å². The minimum atomic E-state index is 0.589. The zero-order valence-corrected chi connectivity index (χ0v) is 11.9. The number of rotatable bonds is 3. The summed E-state index contributed by atoms with van der Waals surface area (Å²) in [5, 5.41) is 1.09. The fourth-order valence-electron chi connectivity index (χ4n) is 3.14. The minimum Gasteiger partial charge on any atom is -0.0928 e. The Hall–Kier alpha value is -1.08. The van der Waals surface area contributed by atoms with Crippen LogP contribution in [0, 0.1) is 0 Å². The molecular weight excluding hydrogens is 284 g/mol. The molecule has 0 spiro atoms. The maximum Gasteiger partial charge on any atom is 0.00979 e. The Morgan fingerprint density at radius 1 is 0.889 bits per heavy atom. The van der Waals surface area contributed by atoms with Gasteiger partial charge in [-0.15, -0.1) is 0 Å². The van der Waals surface area contributed by atoms with Crippen molar-refractivity contribution in [1.82, 2.24) is 0 Å². The molecule has 0 fully saturated rings. The van der Waals surface area contributed by atoms with Gasteiger partial charge in [0.15, 0.2) is 0 Å². The summed E-state index contributed by atoms with van der Waals surface area (Å²) in [6.07, 6.45) is 2.50. The molecule has 18 heavy (non-hydrogen) atoms. The second-order valence-corrected chi connectivity index (χ2v) is 5.80. The van der Waals surface area contributed by atoms with Gasteiger partial charge in [0.2, 0.25) is 0 Å².